The van der Waals surface area contributed by atoms with E-state index in [0.29, 0.717) is 51.7 Å². The first-order valence-electron chi connectivity index (χ1n) is 14.9. The first-order valence-corrected chi connectivity index (χ1v) is 14.9. The molecule has 2 aliphatic heterocycles. The number of hydrogen-bond donors (Lipinski definition) is 2. The summed E-state index contributed by atoms with van der Waals surface area (Å²) >= 11 is 0. The van der Waals surface area contributed by atoms with Crippen LogP contribution in [-0.4, -0.2) is 80.8 Å². The van der Waals surface area contributed by atoms with Crippen LogP contribution in [0.25, 0.3) is 11.1 Å². The van der Waals surface area contributed by atoms with E-state index in [9.17, 15) is 9.59 Å². The number of carbonyl (C=O) groups excluding carboxylic acids is 2. The monoisotopic (exact) mass is 571 g/mol. The van der Waals surface area contributed by atoms with Gasteiger partial charge in [-0.25, -0.2) is 4.79 Å². The molecule has 0 radical (unpaired) electrons. The number of urea groups is 1. The lowest BCUT2D eigenvalue weighted by atomic mass is 10.0. The maximum Gasteiger partial charge on any atom is 0.320 e. The number of benzene rings is 3. The Hall–Kier alpha value is -4.08. The van der Waals surface area contributed by atoms with E-state index >= 15 is 0 Å². The van der Waals surface area contributed by atoms with Gasteiger partial charge in [0.15, 0.2) is 6.61 Å². The zero-order valence-corrected chi connectivity index (χ0v) is 24.2. The van der Waals surface area contributed by atoms with Crippen molar-refractivity contribution < 1.29 is 19.1 Å². The Morgan fingerprint density at radius 1 is 0.905 bits per heavy atom. The van der Waals surface area contributed by atoms with Crippen molar-refractivity contribution in [1.82, 2.24) is 9.80 Å². The smallest absolute Gasteiger partial charge is 0.320 e. The fourth-order valence-corrected chi connectivity index (χ4v) is 5.45. The van der Waals surface area contributed by atoms with Crippen LogP contribution in [0.1, 0.15) is 24.8 Å². The predicted octanol–water partition coefficient (Wildman–Crippen LogP) is 4.57. The summed E-state index contributed by atoms with van der Waals surface area (Å²) in [5, 5.41) is 3.10. The number of anilines is 2. The van der Waals surface area contributed by atoms with Gasteiger partial charge in [0.1, 0.15) is 5.75 Å². The number of nitrogens with zero attached hydrogens (tertiary/aromatic N) is 3. The lowest BCUT2D eigenvalue weighted by Crippen LogP contribution is -2.48. The molecule has 0 saturated carbocycles. The Kier molecular flexibility index (Phi) is 10.3. The lowest BCUT2D eigenvalue weighted by Gasteiger charge is -2.33. The van der Waals surface area contributed by atoms with Crippen LogP contribution in [0.2, 0.25) is 0 Å². The largest absolute Gasteiger partial charge is 0.484 e. The highest BCUT2D eigenvalue weighted by atomic mass is 16.5. The number of carbonyl (C=O) groups is 2. The minimum atomic E-state index is -0.206. The molecule has 3 amide bonds. The predicted molar refractivity (Wildman–Crippen MR) is 166 cm³/mol. The van der Waals surface area contributed by atoms with Crippen molar-refractivity contribution in [2.24, 2.45) is 5.73 Å². The fourth-order valence-electron chi connectivity index (χ4n) is 5.45. The number of ether oxygens (including phenoxy) is 2. The van der Waals surface area contributed by atoms with E-state index in [1.165, 1.54) is 0 Å². The zero-order valence-electron chi connectivity index (χ0n) is 24.2. The molecule has 9 heteroatoms. The first kappa shape index (κ1) is 29.4. The van der Waals surface area contributed by atoms with Crippen molar-refractivity contribution in [3.63, 3.8) is 0 Å². The van der Waals surface area contributed by atoms with Crippen molar-refractivity contribution >= 4 is 23.3 Å². The third kappa shape index (κ3) is 7.80. The number of hydrogen-bond acceptors (Lipinski definition) is 6. The summed E-state index contributed by atoms with van der Waals surface area (Å²) in [4.78, 5) is 32.3. The van der Waals surface area contributed by atoms with Gasteiger partial charge in [-0.2, -0.15) is 0 Å². The van der Waals surface area contributed by atoms with Crippen LogP contribution in [0.4, 0.5) is 16.2 Å². The van der Waals surface area contributed by atoms with Crippen LogP contribution in [0.15, 0.2) is 72.8 Å². The van der Waals surface area contributed by atoms with Crippen LogP contribution in [0.3, 0.4) is 0 Å². The topological polar surface area (TPSA) is 100 Å². The molecule has 5 rings (SSSR count). The molecule has 42 heavy (non-hydrogen) atoms. The summed E-state index contributed by atoms with van der Waals surface area (Å²) in [5.41, 5.74) is 10.6. The van der Waals surface area contributed by atoms with Gasteiger partial charge in [0, 0.05) is 39.3 Å². The average molecular weight is 572 g/mol. The lowest BCUT2D eigenvalue weighted by molar-refractivity contribution is -0.118. The quantitative estimate of drug-likeness (QED) is 0.350. The standard InChI is InChI=1S/C33H41N5O4/c34-14-7-17-38(33(40)37-18-20-41-21-19-37)24-26-8-6-9-27(22-26)28-12-13-31(36-15-4-5-16-36)30(23-28)35-32(39)25-42-29-10-2-1-3-11-29/h1-3,6,8-13,22-23H,4-5,7,14-21,24-25,34H2,(H,35,39). The molecule has 9 nitrogen and oxygen atoms in total. The Balaban J connectivity index is 1.34. The summed E-state index contributed by atoms with van der Waals surface area (Å²) in [6.45, 7) is 5.83. The molecular weight excluding hydrogens is 530 g/mol. The molecule has 0 aromatic heterocycles. The van der Waals surface area contributed by atoms with E-state index < -0.39 is 0 Å². The summed E-state index contributed by atoms with van der Waals surface area (Å²) < 4.78 is 11.1. The molecule has 2 saturated heterocycles. The maximum absolute atomic E-state index is 13.3. The molecule has 222 valence electrons. The highest BCUT2D eigenvalue weighted by Gasteiger charge is 2.23. The number of para-hydroxylation sites is 1. The second kappa shape index (κ2) is 14.7. The van der Waals surface area contributed by atoms with Gasteiger partial charge in [0.2, 0.25) is 0 Å². The molecule has 2 fully saturated rings. The van der Waals surface area contributed by atoms with E-state index in [4.69, 9.17) is 15.2 Å². The van der Waals surface area contributed by atoms with Gasteiger partial charge >= 0.3 is 6.03 Å². The van der Waals surface area contributed by atoms with Crippen LogP contribution in [-0.2, 0) is 16.1 Å². The van der Waals surface area contributed by atoms with Crippen molar-refractivity contribution in [1.29, 1.82) is 0 Å². The molecule has 0 atom stereocenters. The Morgan fingerprint density at radius 3 is 2.43 bits per heavy atom. The molecule has 0 unspecified atom stereocenters. The number of amides is 3. The van der Waals surface area contributed by atoms with Crippen molar-refractivity contribution in [2.75, 3.05) is 69.3 Å². The molecule has 0 bridgehead atoms. The van der Waals surface area contributed by atoms with Crippen LogP contribution in [0.5, 0.6) is 5.75 Å². The van der Waals surface area contributed by atoms with Crippen molar-refractivity contribution in [3.05, 3.63) is 78.4 Å². The van der Waals surface area contributed by atoms with Gasteiger partial charge < -0.3 is 35.2 Å². The highest BCUT2D eigenvalue weighted by molar-refractivity contribution is 5.96. The molecule has 3 N–H and O–H groups in total. The molecule has 3 aromatic rings. The van der Waals surface area contributed by atoms with E-state index in [-0.39, 0.29) is 18.5 Å². The SMILES string of the molecule is NCCCN(Cc1cccc(-c2ccc(N3CCCC3)c(NC(=O)COc3ccccc3)c2)c1)C(=O)N1CCOCC1. The van der Waals surface area contributed by atoms with Crippen LogP contribution in [0, 0.1) is 0 Å². The summed E-state index contributed by atoms with van der Waals surface area (Å²) in [6.07, 6.45) is 3.01. The first-order chi connectivity index (χ1) is 20.6. The fraction of sp³-hybridized carbons (Fsp3) is 0.394. The van der Waals surface area contributed by atoms with Gasteiger partial charge in [0.05, 0.1) is 24.6 Å². The van der Waals surface area contributed by atoms with Crippen LogP contribution < -0.4 is 20.7 Å². The number of nitrogens with one attached hydrogen (secondary N) is 1. The minimum Gasteiger partial charge on any atom is -0.484 e. The molecule has 2 heterocycles. The third-order valence-electron chi connectivity index (χ3n) is 7.65. The average Bonchev–Trinajstić information content (AvgIpc) is 3.58. The highest BCUT2D eigenvalue weighted by Crippen LogP contribution is 2.34. The van der Waals surface area contributed by atoms with E-state index in [2.05, 4.69) is 34.5 Å². The van der Waals surface area contributed by atoms with Gasteiger partial charge in [0.25, 0.3) is 5.91 Å². The third-order valence-corrected chi connectivity index (χ3v) is 7.65. The minimum absolute atomic E-state index is 0.0230. The molecule has 2 aliphatic rings. The zero-order chi connectivity index (χ0) is 29.1. The molecule has 0 spiro atoms. The molecule has 0 aliphatic carbocycles. The second-order valence-electron chi connectivity index (χ2n) is 10.7. The number of rotatable bonds is 11. The normalized spacial score (nSPS) is 15.0. The number of nitrogens with two attached hydrogens (primary N) is 1. The van der Waals surface area contributed by atoms with Gasteiger partial charge in [-0.15, -0.1) is 0 Å². The molecular formula is C33H41N5O4. The van der Waals surface area contributed by atoms with Crippen molar-refractivity contribution in [2.45, 2.75) is 25.8 Å². The summed E-state index contributed by atoms with van der Waals surface area (Å²) in [5.74, 6) is 0.452. The van der Waals surface area contributed by atoms with Crippen molar-refractivity contribution in [3.8, 4) is 16.9 Å². The van der Waals surface area contributed by atoms with Gasteiger partial charge in [-0.05, 0) is 72.8 Å². The second-order valence-corrected chi connectivity index (χ2v) is 10.7. The van der Waals surface area contributed by atoms with Gasteiger partial charge in [-0.3, -0.25) is 4.79 Å². The molecule has 3 aromatic carbocycles. The van der Waals surface area contributed by atoms with Gasteiger partial charge in [-0.1, -0.05) is 42.5 Å². The Morgan fingerprint density at radius 2 is 1.67 bits per heavy atom. The summed E-state index contributed by atoms with van der Waals surface area (Å²) in [6, 6.07) is 23.9. The Labute approximate surface area is 248 Å². The van der Waals surface area contributed by atoms with Crippen LogP contribution >= 0.6 is 0 Å². The summed E-state index contributed by atoms with van der Waals surface area (Å²) in [7, 11) is 0. The number of morpholine rings is 1. The maximum atomic E-state index is 13.3. The van der Waals surface area contributed by atoms with E-state index in [1.54, 1.807) is 0 Å². The van der Waals surface area contributed by atoms with E-state index in [1.807, 2.05) is 58.3 Å². The van der Waals surface area contributed by atoms with E-state index in [0.717, 1.165) is 60.4 Å². The Bertz CT molecular complexity index is 1320.